The third kappa shape index (κ3) is 4.01. The average Bonchev–Trinajstić information content (AvgIpc) is 3.21. The van der Waals surface area contributed by atoms with Gasteiger partial charge in [-0.1, -0.05) is 6.07 Å². The van der Waals surface area contributed by atoms with Crippen molar-refractivity contribution in [3.63, 3.8) is 0 Å². The van der Waals surface area contributed by atoms with E-state index in [2.05, 4.69) is 4.90 Å². The third-order valence-electron chi connectivity index (χ3n) is 7.12. The first-order valence-electron chi connectivity index (χ1n) is 11.1. The van der Waals surface area contributed by atoms with Crippen LogP contribution in [0.25, 0.3) is 0 Å². The van der Waals surface area contributed by atoms with E-state index in [1.54, 1.807) is 43.0 Å². The van der Waals surface area contributed by atoms with E-state index in [-0.39, 0.29) is 5.91 Å². The van der Waals surface area contributed by atoms with Crippen LogP contribution < -0.4 is 4.74 Å². The van der Waals surface area contributed by atoms with E-state index in [1.165, 1.54) is 17.7 Å². The fraction of sp³-hybridized carbons (Fsp3) is 0.542. The summed E-state index contributed by atoms with van der Waals surface area (Å²) >= 11 is 0. The molecule has 0 saturated carbocycles. The number of nitrogens with zero attached hydrogens (tertiary/aromatic N) is 3. The molecule has 0 aliphatic carbocycles. The van der Waals surface area contributed by atoms with Gasteiger partial charge in [0.15, 0.2) is 0 Å². The Labute approximate surface area is 191 Å². The van der Waals surface area contributed by atoms with Crippen LogP contribution in [-0.2, 0) is 23.9 Å². The maximum atomic E-state index is 13.5. The van der Waals surface area contributed by atoms with Crippen molar-refractivity contribution >= 4 is 5.91 Å². The Morgan fingerprint density at radius 3 is 2.30 bits per heavy atom. The van der Waals surface area contributed by atoms with Gasteiger partial charge in [0, 0.05) is 43.0 Å². The van der Waals surface area contributed by atoms with Gasteiger partial charge in [-0.15, -0.1) is 0 Å². The Kier molecular flexibility index (Phi) is 5.77. The van der Waals surface area contributed by atoms with Gasteiger partial charge < -0.3 is 19.3 Å². The number of amides is 1. The number of methoxy groups -OCH3 is 1. The van der Waals surface area contributed by atoms with Crippen molar-refractivity contribution in [2.75, 3.05) is 33.8 Å². The quantitative estimate of drug-likeness (QED) is 0.749. The summed E-state index contributed by atoms with van der Waals surface area (Å²) in [5, 5.41) is 10.3. The van der Waals surface area contributed by atoms with Gasteiger partial charge in [-0.25, -0.2) is 0 Å². The number of piperidine rings is 1. The zero-order valence-electron chi connectivity index (χ0n) is 19.4. The van der Waals surface area contributed by atoms with Crippen LogP contribution in [0.3, 0.4) is 0 Å². The van der Waals surface area contributed by atoms with Gasteiger partial charge >= 0.3 is 6.18 Å². The number of carbonyl (C=O) groups excluding carboxylic acids is 1. The normalized spacial score (nSPS) is 19.0. The number of ether oxygens (including phenoxy) is 1. The van der Waals surface area contributed by atoms with Gasteiger partial charge in [-0.2, -0.15) is 13.2 Å². The van der Waals surface area contributed by atoms with Crippen molar-refractivity contribution in [3.05, 3.63) is 52.8 Å². The molecule has 0 atom stereocenters. The van der Waals surface area contributed by atoms with Crippen LogP contribution in [-0.4, -0.2) is 59.2 Å². The highest BCUT2D eigenvalue weighted by molar-refractivity contribution is 5.95. The highest BCUT2D eigenvalue weighted by Crippen LogP contribution is 2.44. The minimum atomic E-state index is -4.39. The molecule has 6 nitrogen and oxygen atoms in total. The van der Waals surface area contributed by atoms with Crippen LogP contribution in [0.15, 0.2) is 30.3 Å². The minimum absolute atomic E-state index is 0.157. The van der Waals surface area contributed by atoms with Crippen molar-refractivity contribution in [1.29, 1.82) is 0 Å². The first kappa shape index (κ1) is 23.6. The molecule has 2 aromatic rings. The molecule has 1 fully saturated rings. The summed E-state index contributed by atoms with van der Waals surface area (Å²) in [7, 11) is 3.44. The van der Waals surface area contributed by atoms with Gasteiger partial charge in [0.2, 0.25) is 0 Å². The Hall–Kier alpha value is -2.52. The van der Waals surface area contributed by atoms with Crippen LogP contribution >= 0.6 is 0 Å². The molecular weight excluding hydrogens is 435 g/mol. The number of carbonyl (C=O) groups is 1. The monoisotopic (exact) mass is 465 g/mol. The van der Waals surface area contributed by atoms with Crippen LogP contribution in [0.4, 0.5) is 13.2 Å². The molecule has 0 bridgehead atoms. The van der Waals surface area contributed by atoms with Crippen molar-refractivity contribution in [3.8, 4) is 5.75 Å². The number of halogens is 3. The lowest BCUT2D eigenvalue weighted by atomic mass is 9.81. The fourth-order valence-corrected chi connectivity index (χ4v) is 5.25. The summed E-state index contributed by atoms with van der Waals surface area (Å²) in [4.78, 5) is 17.1. The smallest absolute Gasteiger partial charge is 0.431 e. The van der Waals surface area contributed by atoms with Gasteiger partial charge in [-0.3, -0.25) is 9.69 Å². The Morgan fingerprint density at radius 1 is 1.06 bits per heavy atom. The molecule has 3 heterocycles. The zero-order chi connectivity index (χ0) is 24.2. The number of benzene rings is 1. The van der Waals surface area contributed by atoms with E-state index in [4.69, 9.17) is 4.74 Å². The number of aromatic nitrogens is 1. The maximum Gasteiger partial charge on any atom is 0.431 e. The summed E-state index contributed by atoms with van der Waals surface area (Å²) in [5.41, 5.74) is -0.532. The predicted octanol–water partition coefficient (Wildman–Crippen LogP) is 3.82. The largest absolute Gasteiger partial charge is 0.496 e. The maximum absolute atomic E-state index is 13.5. The van der Waals surface area contributed by atoms with Crippen LogP contribution in [0, 0.1) is 0 Å². The fourth-order valence-electron chi connectivity index (χ4n) is 5.25. The van der Waals surface area contributed by atoms with Crippen molar-refractivity contribution < 1.29 is 27.8 Å². The molecule has 1 aromatic carbocycles. The van der Waals surface area contributed by atoms with Gasteiger partial charge in [0.25, 0.3) is 5.91 Å². The lowest BCUT2D eigenvalue weighted by molar-refractivity contribution is -0.144. The molecule has 1 aromatic heterocycles. The Balaban J connectivity index is 1.56. The molecule has 33 heavy (non-hydrogen) atoms. The predicted molar refractivity (Wildman–Crippen MR) is 117 cm³/mol. The number of likely N-dealkylation sites (N-methyl/N-ethyl adjacent to an activating group) is 1. The second-order valence-corrected chi connectivity index (χ2v) is 9.47. The number of hydrogen-bond donors (Lipinski definition) is 1. The van der Waals surface area contributed by atoms with Crippen LogP contribution in [0.1, 0.15) is 54.0 Å². The van der Waals surface area contributed by atoms with E-state index in [9.17, 15) is 23.1 Å². The van der Waals surface area contributed by atoms with Crippen LogP contribution in [0.5, 0.6) is 5.75 Å². The zero-order valence-corrected chi connectivity index (χ0v) is 19.4. The molecule has 2 aliphatic heterocycles. The first-order chi connectivity index (χ1) is 15.4. The standard InChI is InChI=1S/C24H30F3N3O3/c1-22(2,32)17-6-5-16(15-18(17)33-4)21(31)29-11-9-23(10-12-29)19-7-8-20(24(25,26)27)30(19)14-13-28(23)3/h5-8,15,32H,9-14H2,1-4H3. The molecule has 1 N–H and O–H groups in total. The highest BCUT2D eigenvalue weighted by atomic mass is 19.4. The number of likely N-dealkylation sites (tertiary alicyclic amines) is 1. The number of fused-ring (bicyclic) bond motifs is 2. The van der Waals surface area contributed by atoms with E-state index in [1.807, 2.05) is 7.05 Å². The molecule has 1 saturated heterocycles. The molecule has 9 heteroatoms. The Morgan fingerprint density at radius 2 is 1.73 bits per heavy atom. The molecule has 4 rings (SSSR count). The molecule has 1 spiro atoms. The Bertz CT molecular complexity index is 1050. The van der Waals surface area contributed by atoms with Crippen molar-refractivity contribution in [2.45, 2.75) is 50.6 Å². The molecule has 1 amide bonds. The topological polar surface area (TPSA) is 57.9 Å². The number of hydrogen-bond acceptors (Lipinski definition) is 4. The molecule has 180 valence electrons. The van der Waals surface area contributed by atoms with Crippen LogP contribution in [0.2, 0.25) is 0 Å². The summed E-state index contributed by atoms with van der Waals surface area (Å²) in [6, 6.07) is 7.77. The van der Waals surface area contributed by atoms with Gasteiger partial charge in [0.1, 0.15) is 11.4 Å². The first-order valence-corrected chi connectivity index (χ1v) is 11.1. The molecule has 0 radical (unpaired) electrons. The second kappa shape index (κ2) is 8.06. The minimum Gasteiger partial charge on any atom is -0.496 e. The highest BCUT2D eigenvalue weighted by Gasteiger charge is 2.47. The summed E-state index contributed by atoms with van der Waals surface area (Å²) in [6.07, 6.45) is -3.29. The summed E-state index contributed by atoms with van der Waals surface area (Å²) in [6.45, 7) is 4.99. The third-order valence-corrected chi connectivity index (χ3v) is 7.12. The lowest BCUT2D eigenvalue weighted by Crippen LogP contribution is -2.56. The van der Waals surface area contributed by atoms with E-state index < -0.39 is 23.0 Å². The molecule has 2 aliphatic rings. The second-order valence-electron chi connectivity index (χ2n) is 9.47. The SMILES string of the molecule is COc1cc(C(=O)N2CCC3(CC2)c2ccc(C(F)(F)F)n2CCN3C)ccc1C(C)(C)O. The molecular formula is C24H30F3N3O3. The average molecular weight is 466 g/mol. The number of rotatable bonds is 3. The number of alkyl halides is 3. The lowest BCUT2D eigenvalue weighted by Gasteiger charge is -2.50. The van der Waals surface area contributed by atoms with E-state index >= 15 is 0 Å². The molecule has 0 unspecified atom stereocenters. The summed E-state index contributed by atoms with van der Waals surface area (Å²) in [5.74, 6) is 0.279. The van der Waals surface area contributed by atoms with Crippen molar-refractivity contribution in [1.82, 2.24) is 14.4 Å². The van der Waals surface area contributed by atoms with E-state index in [0.717, 1.165) is 0 Å². The van der Waals surface area contributed by atoms with Crippen molar-refractivity contribution in [2.24, 2.45) is 0 Å². The number of aliphatic hydroxyl groups is 1. The van der Waals surface area contributed by atoms with E-state index in [0.29, 0.717) is 61.6 Å². The summed E-state index contributed by atoms with van der Waals surface area (Å²) < 4.78 is 47.2. The van der Waals surface area contributed by atoms with Gasteiger partial charge in [0.05, 0.1) is 18.2 Å². The van der Waals surface area contributed by atoms with Gasteiger partial charge in [-0.05, 0) is 58.0 Å².